The van der Waals surface area contributed by atoms with Gasteiger partial charge in [0.2, 0.25) is 5.88 Å². The maximum Gasteiger partial charge on any atom is 0.259 e. The van der Waals surface area contributed by atoms with Gasteiger partial charge in [-0.3, -0.25) is 14.8 Å². The second-order valence-corrected chi connectivity index (χ2v) is 6.05. The number of nitrogens with one attached hydrogen (secondary N) is 1. The van der Waals surface area contributed by atoms with E-state index in [1.165, 1.54) is 31.8 Å². The van der Waals surface area contributed by atoms with Gasteiger partial charge in [0.25, 0.3) is 5.91 Å². The van der Waals surface area contributed by atoms with Crippen LogP contribution in [-0.2, 0) is 0 Å². The van der Waals surface area contributed by atoms with Crippen molar-refractivity contribution in [1.29, 1.82) is 0 Å². The minimum absolute atomic E-state index is 0.121. The molecule has 0 saturated heterocycles. The SMILES string of the molecule is COc1ncc(I)cc1-c1cnc(NC(=O)c2ccncc2F)cn1. The van der Waals surface area contributed by atoms with Gasteiger partial charge in [0.15, 0.2) is 11.6 Å². The van der Waals surface area contributed by atoms with Crippen LogP contribution < -0.4 is 10.1 Å². The van der Waals surface area contributed by atoms with E-state index in [0.29, 0.717) is 17.1 Å². The zero-order valence-corrected chi connectivity index (χ0v) is 15.1. The molecule has 0 aromatic carbocycles. The zero-order chi connectivity index (χ0) is 17.8. The van der Waals surface area contributed by atoms with Crippen molar-refractivity contribution in [1.82, 2.24) is 19.9 Å². The molecule has 0 unspecified atom stereocenters. The highest BCUT2D eigenvalue weighted by Gasteiger charge is 2.14. The average Bonchev–Trinajstić information content (AvgIpc) is 2.62. The minimum Gasteiger partial charge on any atom is -0.481 e. The number of carbonyl (C=O) groups is 1. The summed E-state index contributed by atoms with van der Waals surface area (Å²) in [5.74, 6) is -0.720. The number of methoxy groups -OCH3 is 1. The third-order valence-electron chi connectivity index (χ3n) is 3.20. The van der Waals surface area contributed by atoms with Crippen LogP contribution >= 0.6 is 22.6 Å². The predicted molar refractivity (Wildman–Crippen MR) is 96.7 cm³/mol. The first kappa shape index (κ1) is 17.1. The number of ether oxygens (including phenoxy) is 1. The number of rotatable bonds is 4. The van der Waals surface area contributed by atoms with Gasteiger partial charge >= 0.3 is 0 Å². The number of aromatic nitrogens is 4. The molecule has 0 bridgehead atoms. The first-order valence-corrected chi connectivity index (χ1v) is 8.09. The number of halogens is 2. The van der Waals surface area contributed by atoms with Crippen LogP contribution in [-0.4, -0.2) is 33.0 Å². The molecule has 0 fully saturated rings. The number of pyridine rings is 2. The van der Waals surface area contributed by atoms with Crippen molar-refractivity contribution in [2.45, 2.75) is 0 Å². The molecule has 3 aromatic rings. The molecule has 9 heteroatoms. The van der Waals surface area contributed by atoms with E-state index in [9.17, 15) is 9.18 Å². The van der Waals surface area contributed by atoms with Crippen LogP contribution in [0.25, 0.3) is 11.3 Å². The highest BCUT2D eigenvalue weighted by molar-refractivity contribution is 14.1. The van der Waals surface area contributed by atoms with Crippen molar-refractivity contribution in [3.05, 3.63) is 58.1 Å². The number of carbonyl (C=O) groups excluding carboxylic acids is 1. The quantitative estimate of drug-likeness (QED) is 0.614. The summed E-state index contributed by atoms with van der Waals surface area (Å²) in [6, 6.07) is 3.15. The standard InChI is InChI=1S/C16H11FIN5O2/c1-25-16-11(4-9(18)5-22-16)13-7-21-14(8-20-13)23-15(24)10-2-3-19-6-12(10)17/h2-8H,1H3,(H,21,23,24). The molecule has 0 atom stereocenters. The Kier molecular flexibility index (Phi) is 5.12. The molecular weight excluding hydrogens is 440 g/mol. The van der Waals surface area contributed by atoms with Crippen molar-refractivity contribution in [3.63, 3.8) is 0 Å². The molecule has 3 rings (SSSR count). The first-order valence-electron chi connectivity index (χ1n) is 7.01. The molecule has 3 aromatic heterocycles. The summed E-state index contributed by atoms with van der Waals surface area (Å²) in [6.07, 6.45) is 6.84. The van der Waals surface area contributed by atoms with Gasteiger partial charge in [0.1, 0.15) is 0 Å². The fraction of sp³-hybridized carbons (Fsp3) is 0.0625. The molecule has 7 nitrogen and oxygen atoms in total. The van der Waals surface area contributed by atoms with Crippen LogP contribution in [0.1, 0.15) is 10.4 Å². The van der Waals surface area contributed by atoms with E-state index >= 15 is 0 Å². The van der Waals surface area contributed by atoms with E-state index in [4.69, 9.17) is 4.74 Å². The lowest BCUT2D eigenvalue weighted by molar-refractivity contribution is 0.102. The molecule has 0 saturated carbocycles. The Labute approximate surface area is 155 Å². The second-order valence-electron chi connectivity index (χ2n) is 4.81. The molecule has 1 N–H and O–H groups in total. The van der Waals surface area contributed by atoms with E-state index in [1.54, 1.807) is 6.20 Å². The third kappa shape index (κ3) is 3.87. The second kappa shape index (κ2) is 7.47. The molecule has 0 radical (unpaired) electrons. The molecule has 25 heavy (non-hydrogen) atoms. The number of nitrogens with zero attached hydrogens (tertiary/aromatic N) is 4. The molecular formula is C16H11FIN5O2. The van der Waals surface area contributed by atoms with Crippen molar-refractivity contribution in [3.8, 4) is 17.1 Å². The molecule has 0 aliphatic carbocycles. The van der Waals surface area contributed by atoms with Crippen LogP contribution in [0.5, 0.6) is 5.88 Å². The third-order valence-corrected chi connectivity index (χ3v) is 3.79. The molecule has 0 spiro atoms. The van der Waals surface area contributed by atoms with E-state index in [0.717, 1.165) is 9.77 Å². The smallest absolute Gasteiger partial charge is 0.259 e. The summed E-state index contributed by atoms with van der Waals surface area (Å²) >= 11 is 2.13. The van der Waals surface area contributed by atoms with Crippen molar-refractivity contribution >= 4 is 34.3 Å². The van der Waals surface area contributed by atoms with Crippen LogP contribution in [0.3, 0.4) is 0 Å². The molecule has 0 aliphatic heterocycles. The van der Waals surface area contributed by atoms with Crippen LogP contribution in [0.15, 0.2) is 43.1 Å². The fourth-order valence-corrected chi connectivity index (χ4v) is 2.50. The van der Waals surface area contributed by atoms with E-state index in [-0.39, 0.29) is 11.4 Å². The minimum atomic E-state index is -0.709. The lowest BCUT2D eigenvalue weighted by atomic mass is 10.2. The van der Waals surface area contributed by atoms with E-state index < -0.39 is 11.7 Å². The van der Waals surface area contributed by atoms with Gasteiger partial charge in [-0.15, -0.1) is 0 Å². The van der Waals surface area contributed by atoms with Crippen molar-refractivity contribution in [2.75, 3.05) is 12.4 Å². The molecule has 0 aliphatic rings. The summed E-state index contributed by atoms with van der Waals surface area (Å²) in [7, 11) is 1.52. The summed E-state index contributed by atoms with van der Waals surface area (Å²) in [6.45, 7) is 0. The number of amides is 1. The zero-order valence-electron chi connectivity index (χ0n) is 12.9. The van der Waals surface area contributed by atoms with Gasteiger partial charge in [0, 0.05) is 16.0 Å². The van der Waals surface area contributed by atoms with Crippen molar-refractivity contribution < 1.29 is 13.9 Å². The molecule has 3 heterocycles. The van der Waals surface area contributed by atoms with Gasteiger partial charge in [-0.05, 0) is 34.7 Å². The Morgan fingerprint density at radius 1 is 1.20 bits per heavy atom. The number of hydrogen-bond acceptors (Lipinski definition) is 6. The number of anilines is 1. The van der Waals surface area contributed by atoms with Gasteiger partial charge < -0.3 is 10.1 Å². The Hall–Kier alpha value is -2.69. The Morgan fingerprint density at radius 2 is 2.04 bits per heavy atom. The fourth-order valence-electron chi connectivity index (χ4n) is 2.05. The summed E-state index contributed by atoms with van der Waals surface area (Å²) in [4.78, 5) is 28.2. The van der Waals surface area contributed by atoms with Gasteiger partial charge in [-0.1, -0.05) is 0 Å². The summed E-state index contributed by atoms with van der Waals surface area (Å²) < 4.78 is 19.7. The summed E-state index contributed by atoms with van der Waals surface area (Å²) in [5, 5.41) is 2.49. The topological polar surface area (TPSA) is 89.9 Å². The van der Waals surface area contributed by atoms with Gasteiger partial charge in [-0.25, -0.2) is 14.4 Å². The monoisotopic (exact) mass is 451 g/mol. The Morgan fingerprint density at radius 3 is 2.72 bits per heavy atom. The normalized spacial score (nSPS) is 10.4. The van der Waals surface area contributed by atoms with Crippen molar-refractivity contribution in [2.24, 2.45) is 0 Å². The van der Waals surface area contributed by atoms with Crippen LogP contribution in [0.2, 0.25) is 0 Å². The lowest BCUT2D eigenvalue weighted by Crippen LogP contribution is -2.15. The molecule has 1 amide bonds. The van der Waals surface area contributed by atoms with Crippen LogP contribution in [0, 0.1) is 9.39 Å². The average molecular weight is 451 g/mol. The first-order chi connectivity index (χ1) is 12.1. The molecule has 126 valence electrons. The highest BCUT2D eigenvalue weighted by atomic mass is 127. The van der Waals surface area contributed by atoms with E-state index in [2.05, 4.69) is 47.8 Å². The Balaban J connectivity index is 1.83. The highest BCUT2D eigenvalue weighted by Crippen LogP contribution is 2.27. The van der Waals surface area contributed by atoms with Gasteiger partial charge in [-0.2, -0.15) is 0 Å². The van der Waals surface area contributed by atoms with E-state index in [1.807, 2.05) is 6.07 Å². The lowest BCUT2D eigenvalue weighted by Gasteiger charge is -2.08. The van der Waals surface area contributed by atoms with Crippen LogP contribution in [0.4, 0.5) is 10.2 Å². The largest absolute Gasteiger partial charge is 0.481 e. The Bertz CT molecular complexity index is 921. The summed E-state index contributed by atoms with van der Waals surface area (Å²) in [5.41, 5.74) is 1.10. The maximum atomic E-state index is 13.6. The van der Waals surface area contributed by atoms with Gasteiger partial charge in [0.05, 0.1) is 42.5 Å². The number of hydrogen-bond donors (Lipinski definition) is 1. The predicted octanol–water partition coefficient (Wildman–Crippen LogP) is 2.94. The maximum absolute atomic E-state index is 13.6.